The average molecular weight is 295 g/mol. The third-order valence-corrected chi connectivity index (χ3v) is 2.99. The van der Waals surface area contributed by atoms with Crippen LogP contribution in [0.15, 0.2) is 12.3 Å². The minimum atomic E-state index is -3.53. The molecule has 1 rings (SSSR count). The Morgan fingerprint density at radius 2 is 2.22 bits per heavy atom. The first-order valence-electron chi connectivity index (χ1n) is 4.84. The van der Waals surface area contributed by atoms with Gasteiger partial charge in [-0.2, -0.15) is 0 Å². The first-order valence-corrected chi connectivity index (χ1v) is 6.93. The van der Waals surface area contributed by atoms with Crippen molar-refractivity contribution in [2.24, 2.45) is 5.14 Å². The number of sulfonamides is 1. The molecule has 0 atom stereocenters. The fourth-order valence-electron chi connectivity index (χ4n) is 1.18. The quantitative estimate of drug-likeness (QED) is 0.452. The molecule has 10 heteroatoms. The molecule has 1 aromatic rings. The number of nitrogens with zero attached hydrogens (tertiary/aromatic N) is 2. The van der Waals surface area contributed by atoms with E-state index in [2.05, 4.69) is 10.3 Å². The Kier molecular flexibility index (Phi) is 4.82. The van der Waals surface area contributed by atoms with Crippen LogP contribution in [-0.2, 0) is 10.0 Å². The molecule has 0 saturated carbocycles. The van der Waals surface area contributed by atoms with Gasteiger partial charge in [0, 0.05) is 18.8 Å². The number of hydrogen-bond donors (Lipinski definition) is 2. The van der Waals surface area contributed by atoms with Gasteiger partial charge in [-0.15, -0.1) is 0 Å². The highest BCUT2D eigenvalue weighted by molar-refractivity contribution is 7.89. The highest BCUT2D eigenvalue weighted by atomic mass is 35.5. The van der Waals surface area contributed by atoms with Crippen LogP contribution in [0.4, 0.5) is 11.5 Å². The molecule has 8 nitrogen and oxygen atoms in total. The zero-order chi connectivity index (χ0) is 13.8. The molecule has 0 bridgehead atoms. The minimum absolute atomic E-state index is 0.0406. The smallest absolute Gasteiger partial charge is 0.312 e. The number of pyridine rings is 1. The van der Waals surface area contributed by atoms with E-state index >= 15 is 0 Å². The Morgan fingerprint density at radius 3 is 2.78 bits per heavy atom. The minimum Gasteiger partial charge on any atom is -0.364 e. The van der Waals surface area contributed by atoms with E-state index < -0.39 is 14.9 Å². The third-order valence-electron chi connectivity index (χ3n) is 1.93. The average Bonchev–Trinajstić information content (AvgIpc) is 2.24. The van der Waals surface area contributed by atoms with Crippen LogP contribution in [-0.4, -0.2) is 30.6 Å². The number of rotatable bonds is 6. The van der Waals surface area contributed by atoms with Gasteiger partial charge in [-0.05, 0) is 6.42 Å². The van der Waals surface area contributed by atoms with E-state index in [9.17, 15) is 18.5 Å². The lowest BCUT2D eigenvalue weighted by atomic mass is 10.4. The summed E-state index contributed by atoms with van der Waals surface area (Å²) in [4.78, 5) is 13.9. The van der Waals surface area contributed by atoms with E-state index in [1.54, 1.807) is 0 Å². The van der Waals surface area contributed by atoms with Gasteiger partial charge in [0.05, 0.1) is 15.7 Å². The van der Waals surface area contributed by atoms with Crippen LogP contribution in [0.2, 0.25) is 5.02 Å². The van der Waals surface area contributed by atoms with Crippen LogP contribution in [0.3, 0.4) is 0 Å². The van der Waals surface area contributed by atoms with Gasteiger partial charge in [0.25, 0.3) is 0 Å². The van der Waals surface area contributed by atoms with E-state index in [0.29, 0.717) is 0 Å². The third kappa shape index (κ3) is 4.82. The lowest BCUT2D eigenvalue weighted by Gasteiger charge is -2.05. The zero-order valence-electron chi connectivity index (χ0n) is 9.17. The maximum absolute atomic E-state index is 10.7. The molecule has 0 saturated heterocycles. The van der Waals surface area contributed by atoms with Crippen molar-refractivity contribution >= 4 is 33.1 Å². The second-order valence-corrected chi connectivity index (χ2v) is 5.60. The molecule has 0 unspecified atom stereocenters. The van der Waals surface area contributed by atoms with Crippen molar-refractivity contribution < 1.29 is 13.3 Å². The fourth-order valence-corrected chi connectivity index (χ4v) is 1.88. The maximum Gasteiger partial charge on any atom is 0.312 e. The van der Waals surface area contributed by atoms with E-state index in [0.717, 1.165) is 6.07 Å². The molecule has 18 heavy (non-hydrogen) atoms. The summed E-state index contributed by atoms with van der Waals surface area (Å²) in [5.74, 6) is -0.166. The summed E-state index contributed by atoms with van der Waals surface area (Å²) in [6.45, 7) is 0.200. The maximum atomic E-state index is 10.7. The largest absolute Gasteiger partial charge is 0.364 e. The molecule has 1 aromatic heterocycles. The predicted octanol–water partition coefficient (Wildman–Crippen LogP) is 0.734. The molecular weight excluding hydrogens is 284 g/mol. The number of halogens is 1. The molecule has 1 heterocycles. The van der Waals surface area contributed by atoms with Crippen LogP contribution in [0.25, 0.3) is 0 Å². The van der Waals surface area contributed by atoms with Gasteiger partial charge in [-0.25, -0.2) is 18.5 Å². The lowest BCUT2D eigenvalue weighted by Crippen LogP contribution is -2.19. The van der Waals surface area contributed by atoms with Crippen LogP contribution in [0.5, 0.6) is 0 Å². The Hall–Kier alpha value is -1.45. The van der Waals surface area contributed by atoms with Crippen molar-refractivity contribution in [1.29, 1.82) is 0 Å². The Labute approximate surface area is 108 Å². The van der Waals surface area contributed by atoms with Crippen molar-refractivity contribution in [3.63, 3.8) is 0 Å². The van der Waals surface area contributed by atoms with Crippen molar-refractivity contribution in [2.75, 3.05) is 17.6 Å². The van der Waals surface area contributed by atoms with Crippen molar-refractivity contribution in [3.8, 4) is 0 Å². The van der Waals surface area contributed by atoms with Crippen molar-refractivity contribution in [1.82, 2.24) is 4.98 Å². The van der Waals surface area contributed by atoms with Crippen molar-refractivity contribution in [3.05, 3.63) is 27.4 Å². The first-order chi connectivity index (χ1) is 8.29. The number of hydrogen-bond acceptors (Lipinski definition) is 6. The molecule has 3 N–H and O–H groups in total. The second kappa shape index (κ2) is 5.94. The van der Waals surface area contributed by atoms with E-state index in [1.807, 2.05) is 0 Å². The van der Waals surface area contributed by atoms with Gasteiger partial charge >= 0.3 is 5.69 Å². The number of nitrogens with two attached hydrogens (primary N) is 1. The summed E-state index contributed by atoms with van der Waals surface area (Å²) in [5.41, 5.74) is -0.266. The summed E-state index contributed by atoms with van der Waals surface area (Å²) in [7, 11) is -3.53. The van der Waals surface area contributed by atoms with Gasteiger partial charge < -0.3 is 5.32 Å². The van der Waals surface area contributed by atoms with Crippen LogP contribution >= 0.6 is 11.6 Å². The number of nitrogens with one attached hydrogen (secondary N) is 1. The molecule has 0 radical (unpaired) electrons. The zero-order valence-corrected chi connectivity index (χ0v) is 10.7. The van der Waals surface area contributed by atoms with Gasteiger partial charge in [-0.3, -0.25) is 10.1 Å². The number of primary sulfonamides is 1. The van der Waals surface area contributed by atoms with Gasteiger partial charge in [-0.1, -0.05) is 11.6 Å². The monoisotopic (exact) mass is 294 g/mol. The molecule has 0 spiro atoms. The second-order valence-electron chi connectivity index (χ2n) is 3.43. The van der Waals surface area contributed by atoms with Gasteiger partial charge in [0.15, 0.2) is 0 Å². The van der Waals surface area contributed by atoms with Crippen LogP contribution in [0, 0.1) is 10.1 Å². The van der Waals surface area contributed by atoms with Gasteiger partial charge in [0.1, 0.15) is 0 Å². The van der Waals surface area contributed by atoms with E-state index in [-0.39, 0.29) is 35.2 Å². The first kappa shape index (κ1) is 14.6. The number of anilines is 1. The SMILES string of the molecule is NS(=O)(=O)CCCNc1ncc(Cl)cc1[N+](=O)[O-]. The molecule has 100 valence electrons. The highest BCUT2D eigenvalue weighted by Crippen LogP contribution is 2.24. The van der Waals surface area contributed by atoms with E-state index in [4.69, 9.17) is 16.7 Å². The summed E-state index contributed by atoms with van der Waals surface area (Å²) >= 11 is 5.59. The van der Waals surface area contributed by atoms with Crippen LogP contribution in [0.1, 0.15) is 6.42 Å². The molecule has 0 amide bonds. The lowest BCUT2D eigenvalue weighted by molar-refractivity contribution is -0.384. The molecule has 0 aliphatic carbocycles. The molecular formula is C8H11ClN4O4S. The van der Waals surface area contributed by atoms with Crippen molar-refractivity contribution in [2.45, 2.75) is 6.42 Å². The summed E-state index contributed by atoms with van der Waals surface area (Å²) in [6.07, 6.45) is 1.48. The van der Waals surface area contributed by atoms with Crippen LogP contribution < -0.4 is 10.5 Å². The van der Waals surface area contributed by atoms with E-state index in [1.165, 1.54) is 6.20 Å². The predicted molar refractivity (Wildman–Crippen MR) is 67.0 cm³/mol. The normalized spacial score (nSPS) is 11.2. The number of nitro groups is 1. The summed E-state index contributed by atoms with van der Waals surface area (Å²) in [6, 6.07) is 1.16. The Balaban J connectivity index is 2.65. The summed E-state index contributed by atoms with van der Waals surface area (Å²) in [5, 5.41) is 18.3. The highest BCUT2D eigenvalue weighted by Gasteiger charge is 2.15. The number of aromatic nitrogens is 1. The topological polar surface area (TPSA) is 128 Å². The molecule has 0 aromatic carbocycles. The fraction of sp³-hybridized carbons (Fsp3) is 0.375. The standard InChI is InChI=1S/C8H11ClN4O4S/c9-6-4-7(13(14)15)8(12-5-6)11-2-1-3-18(10,16)17/h4-5H,1-3H2,(H,11,12)(H2,10,16,17). The van der Waals surface area contributed by atoms with Gasteiger partial charge in [0.2, 0.25) is 15.8 Å². The molecule has 0 aliphatic rings. The summed E-state index contributed by atoms with van der Waals surface area (Å²) < 4.78 is 21.3. The molecule has 0 fully saturated rings. The Bertz CT molecular complexity index is 548. The Morgan fingerprint density at radius 1 is 1.56 bits per heavy atom. The molecule has 0 aliphatic heterocycles.